The number of carbonyl (C=O) groups is 1. The highest BCUT2D eigenvalue weighted by atomic mass is 79.9. The third kappa shape index (κ3) is 6.43. The van der Waals surface area contributed by atoms with Gasteiger partial charge >= 0.3 is 0 Å². The highest BCUT2D eigenvalue weighted by Gasteiger charge is 2.11. The Morgan fingerprint density at radius 1 is 1.24 bits per heavy atom. The van der Waals surface area contributed by atoms with Crippen molar-refractivity contribution in [1.82, 2.24) is 4.98 Å². The largest absolute Gasteiger partial charge is 0.475 e. The van der Waals surface area contributed by atoms with Crippen LogP contribution in [0.25, 0.3) is 0 Å². The molecule has 2 rings (SSSR count). The van der Waals surface area contributed by atoms with Crippen molar-refractivity contribution < 1.29 is 18.7 Å². The quantitative estimate of drug-likeness (QED) is 0.715. The molecule has 0 saturated carbocycles. The summed E-state index contributed by atoms with van der Waals surface area (Å²) < 4.78 is 24.6. The minimum absolute atomic E-state index is 0.215. The normalized spacial score (nSPS) is 11.2. The second kappa shape index (κ2) is 8.40. The third-order valence-electron chi connectivity index (χ3n) is 3.05. The van der Waals surface area contributed by atoms with Crippen LogP contribution >= 0.6 is 15.9 Å². The number of carbonyl (C=O) groups excluding carboxylic acids is 1. The standard InChI is InChI=1S/C18H20BrFN2O3/c1-18(2,3)25-9-8-24-16-7-4-12(11-21-16)17(23)22-15-6-5-13(20)10-14(15)19/h4-7,10-11H,8-9H2,1-3H3,(H,22,23). The van der Waals surface area contributed by atoms with Gasteiger partial charge in [-0.25, -0.2) is 9.37 Å². The SMILES string of the molecule is CC(C)(C)OCCOc1ccc(C(=O)Nc2ccc(F)cc2Br)cn1. The second-order valence-corrected chi connectivity index (χ2v) is 7.13. The fraction of sp³-hybridized carbons (Fsp3) is 0.333. The molecule has 1 N–H and O–H groups in total. The molecule has 134 valence electrons. The van der Waals surface area contributed by atoms with E-state index in [9.17, 15) is 9.18 Å². The van der Waals surface area contributed by atoms with E-state index in [4.69, 9.17) is 9.47 Å². The number of rotatable bonds is 6. The minimum atomic E-state index is -0.386. The van der Waals surface area contributed by atoms with E-state index >= 15 is 0 Å². The summed E-state index contributed by atoms with van der Waals surface area (Å²) in [5.74, 6) is -0.317. The van der Waals surface area contributed by atoms with E-state index in [0.29, 0.717) is 34.8 Å². The van der Waals surface area contributed by atoms with Gasteiger partial charge in [-0.15, -0.1) is 0 Å². The fourth-order valence-electron chi connectivity index (χ4n) is 1.88. The van der Waals surface area contributed by atoms with Crippen LogP contribution in [-0.2, 0) is 4.74 Å². The molecule has 0 aliphatic carbocycles. The summed E-state index contributed by atoms with van der Waals surface area (Å²) in [6, 6.07) is 7.27. The lowest BCUT2D eigenvalue weighted by atomic mass is 10.2. The van der Waals surface area contributed by atoms with Crippen molar-refractivity contribution in [1.29, 1.82) is 0 Å². The number of hydrogen-bond donors (Lipinski definition) is 1. The Hall–Kier alpha value is -1.99. The van der Waals surface area contributed by atoms with Crippen LogP contribution in [0.2, 0.25) is 0 Å². The van der Waals surface area contributed by atoms with Crippen LogP contribution in [0.5, 0.6) is 5.88 Å². The van der Waals surface area contributed by atoms with E-state index in [1.54, 1.807) is 12.1 Å². The number of halogens is 2. The molecule has 1 aromatic heterocycles. The molecule has 2 aromatic rings. The number of benzene rings is 1. The van der Waals surface area contributed by atoms with Gasteiger partial charge in [0.1, 0.15) is 12.4 Å². The Morgan fingerprint density at radius 3 is 2.60 bits per heavy atom. The van der Waals surface area contributed by atoms with Crippen molar-refractivity contribution in [2.75, 3.05) is 18.5 Å². The zero-order valence-corrected chi connectivity index (χ0v) is 15.9. The van der Waals surface area contributed by atoms with Gasteiger partial charge in [0.2, 0.25) is 5.88 Å². The average Bonchev–Trinajstić information content (AvgIpc) is 2.54. The van der Waals surface area contributed by atoms with Crippen molar-refractivity contribution >= 4 is 27.5 Å². The third-order valence-corrected chi connectivity index (χ3v) is 3.70. The first-order chi connectivity index (χ1) is 11.7. The second-order valence-electron chi connectivity index (χ2n) is 6.27. The van der Waals surface area contributed by atoms with Gasteiger partial charge in [-0.1, -0.05) is 0 Å². The van der Waals surface area contributed by atoms with Gasteiger partial charge < -0.3 is 14.8 Å². The molecular weight excluding hydrogens is 391 g/mol. The first-order valence-electron chi connectivity index (χ1n) is 7.74. The molecule has 0 saturated heterocycles. The maximum absolute atomic E-state index is 13.1. The van der Waals surface area contributed by atoms with Crippen LogP contribution in [0.3, 0.4) is 0 Å². The molecule has 0 unspecified atom stereocenters. The van der Waals surface area contributed by atoms with E-state index in [2.05, 4.69) is 26.2 Å². The summed E-state index contributed by atoms with van der Waals surface area (Å²) in [7, 11) is 0. The molecule has 25 heavy (non-hydrogen) atoms. The lowest BCUT2D eigenvalue weighted by Gasteiger charge is -2.19. The zero-order valence-electron chi connectivity index (χ0n) is 14.3. The van der Waals surface area contributed by atoms with Crippen molar-refractivity contribution in [3.05, 3.63) is 52.4 Å². The van der Waals surface area contributed by atoms with Gasteiger partial charge in [-0.2, -0.15) is 0 Å². The van der Waals surface area contributed by atoms with Gasteiger partial charge in [-0.05, 0) is 61.0 Å². The molecule has 1 heterocycles. The summed E-state index contributed by atoms with van der Waals surface area (Å²) in [6.07, 6.45) is 1.42. The number of ether oxygens (including phenoxy) is 2. The average molecular weight is 411 g/mol. The molecule has 1 aromatic carbocycles. The Morgan fingerprint density at radius 2 is 2.00 bits per heavy atom. The van der Waals surface area contributed by atoms with E-state index in [1.807, 2.05) is 20.8 Å². The van der Waals surface area contributed by atoms with Gasteiger partial charge in [-0.3, -0.25) is 4.79 Å². The highest BCUT2D eigenvalue weighted by Crippen LogP contribution is 2.23. The lowest BCUT2D eigenvalue weighted by Crippen LogP contribution is -2.22. The Kier molecular flexibility index (Phi) is 6.50. The van der Waals surface area contributed by atoms with E-state index in [0.717, 1.165) is 0 Å². The summed E-state index contributed by atoms with van der Waals surface area (Å²) in [5.41, 5.74) is 0.633. The topological polar surface area (TPSA) is 60.5 Å². The van der Waals surface area contributed by atoms with E-state index < -0.39 is 0 Å². The minimum Gasteiger partial charge on any atom is -0.475 e. The predicted octanol–water partition coefficient (Wildman–Crippen LogP) is 4.43. The molecule has 0 aliphatic heterocycles. The van der Waals surface area contributed by atoms with E-state index in [-0.39, 0.29) is 17.3 Å². The zero-order chi connectivity index (χ0) is 18.4. The van der Waals surface area contributed by atoms with Gasteiger partial charge in [0, 0.05) is 16.7 Å². The maximum Gasteiger partial charge on any atom is 0.257 e. The highest BCUT2D eigenvalue weighted by molar-refractivity contribution is 9.10. The Bertz CT molecular complexity index is 730. The van der Waals surface area contributed by atoms with Crippen LogP contribution < -0.4 is 10.1 Å². The lowest BCUT2D eigenvalue weighted by molar-refractivity contribution is -0.0168. The van der Waals surface area contributed by atoms with Crippen LogP contribution in [0.1, 0.15) is 31.1 Å². The molecule has 0 spiro atoms. The van der Waals surface area contributed by atoms with Gasteiger partial charge in [0.05, 0.1) is 23.5 Å². The molecule has 0 bridgehead atoms. The van der Waals surface area contributed by atoms with Crippen molar-refractivity contribution in [2.24, 2.45) is 0 Å². The first-order valence-corrected chi connectivity index (χ1v) is 8.53. The van der Waals surface area contributed by atoms with Crippen LogP contribution in [-0.4, -0.2) is 29.7 Å². The molecule has 0 aliphatic rings. The fourth-order valence-corrected chi connectivity index (χ4v) is 2.33. The Balaban J connectivity index is 1.89. The maximum atomic E-state index is 13.1. The molecule has 0 fully saturated rings. The predicted molar refractivity (Wildman–Crippen MR) is 97.5 cm³/mol. The summed E-state index contributed by atoms with van der Waals surface area (Å²) in [4.78, 5) is 16.3. The van der Waals surface area contributed by atoms with Crippen molar-refractivity contribution in [3.8, 4) is 5.88 Å². The summed E-state index contributed by atoms with van der Waals surface area (Å²) in [6.45, 7) is 6.73. The molecule has 1 amide bonds. The number of pyridine rings is 1. The van der Waals surface area contributed by atoms with Crippen LogP contribution in [0.4, 0.5) is 10.1 Å². The first kappa shape index (κ1) is 19.3. The summed E-state index contributed by atoms with van der Waals surface area (Å²) >= 11 is 3.21. The molecule has 5 nitrogen and oxygen atoms in total. The van der Waals surface area contributed by atoms with Crippen molar-refractivity contribution in [2.45, 2.75) is 26.4 Å². The van der Waals surface area contributed by atoms with Gasteiger partial charge in [0.15, 0.2) is 0 Å². The van der Waals surface area contributed by atoms with E-state index in [1.165, 1.54) is 24.4 Å². The number of hydrogen-bond acceptors (Lipinski definition) is 4. The van der Waals surface area contributed by atoms with Gasteiger partial charge in [0.25, 0.3) is 5.91 Å². The van der Waals surface area contributed by atoms with Crippen LogP contribution in [0.15, 0.2) is 41.0 Å². The number of amides is 1. The van der Waals surface area contributed by atoms with Crippen molar-refractivity contribution in [3.63, 3.8) is 0 Å². The summed E-state index contributed by atoms with van der Waals surface area (Å²) in [5, 5.41) is 2.69. The monoisotopic (exact) mass is 410 g/mol. The number of nitrogens with one attached hydrogen (secondary N) is 1. The Labute approximate surface area is 154 Å². The number of anilines is 1. The number of nitrogens with zero attached hydrogens (tertiary/aromatic N) is 1. The van der Waals surface area contributed by atoms with Crippen LogP contribution in [0, 0.1) is 5.82 Å². The molecule has 0 radical (unpaired) electrons. The smallest absolute Gasteiger partial charge is 0.257 e. The molecule has 0 atom stereocenters. The molecular formula is C18H20BrFN2O3. The number of aromatic nitrogens is 1. The molecule has 7 heteroatoms.